The number of nitrogens with zero attached hydrogens (tertiary/aromatic N) is 2. The van der Waals surface area contributed by atoms with E-state index in [2.05, 4.69) is 34.6 Å². The maximum Gasteiger partial charge on any atom is 0.251 e. The molecule has 1 aliphatic carbocycles. The van der Waals surface area contributed by atoms with Gasteiger partial charge in [0.2, 0.25) is 5.91 Å². The molecule has 2 aliphatic rings. The lowest BCUT2D eigenvalue weighted by atomic mass is 10.1. The molecule has 2 amide bonds. The third-order valence-corrected chi connectivity index (χ3v) is 8.13. The number of carbonyl (C=O) groups excluding carboxylic acids is 2. The van der Waals surface area contributed by atoms with Gasteiger partial charge in [-0.05, 0) is 86.8 Å². The molecule has 6 nitrogen and oxygen atoms in total. The van der Waals surface area contributed by atoms with E-state index in [4.69, 9.17) is 0 Å². The molecule has 1 heterocycles. The van der Waals surface area contributed by atoms with Crippen LogP contribution in [0.4, 0.5) is 14.5 Å². The zero-order chi connectivity index (χ0) is 28.1. The number of piperazine rings is 1. The number of hydrogen-bond acceptors (Lipinski definition) is 4. The zero-order valence-corrected chi connectivity index (χ0v) is 22.8. The molecule has 3 aromatic carbocycles. The first kappa shape index (κ1) is 27.8. The summed E-state index contributed by atoms with van der Waals surface area (Å²) in [6.07, 6.45) is 2.14. The van der Waals surface area contributed by atoms with Gasteiger partial charge in [0.15, 0.2) is 0 Å². The van der Waals surface area contributed by atoms with Crippen molar-refractivity contribution in [2.75, 3.05) is 37.6 Å². The molecule has 0 unspecified atom stereocenters. The Morgan fingerprint density at radius 3 is 2.17 bits per heavy atom. The summed E-state index contributed by atoms with van der Waals surface area (Å²) in [5.74, 6) is -0.813. The minimum absolute atomic E-state index is 0.0670. The van der Waals surface area contributed by atoms with Gasteiger partial charge in [-0.25, -0.2) is 8.78 Å². The van der Waals surface area contributed by atoms with E-state index in [1.165, 1.54) is 36.4 Å². The van der Waals surface area contributed by atoms with E-state index < -0.39 is 11.9 Å². The van der Waals surface area contributed by atoms with Crippen LogP contribution in [0.3, 0.4) is 0 Å². The van der Waals surface area contributed by atoms with Crippen LogP contribution in [-0.2, 0) is 4.79 Å². The summed E-state index contributed by atoms with van der Waals surface area (Å²) in [6, 6.07) is 21.5. The van der Waals surface area contributed by atoms with Crippen LogP contribution in [0, 0.1) is 11.6 Å². The number of amides is 2. The first-order valence-corrected chi connectivity index (χ1v) is 14.0. The highest BCUT2D eigenvalue weighted by atomic mass is 19.1. The Morgan fingerprint density at radius 2 is 1.52 bits per heavy atom. The largest absolute Gasteiger partial charge is 0.368 e. The summed E-state index contributed by atoms with van der Waals surface area (Å²) in [5, 5.41) is 6.52. The number of halogens is 2. The molecule has 3 atom stereocenters. The van der Waals surface area contributed by atoms with Crippen LogP contribution in [0.1, 0.15) is 48.0 Å². The molecule has 40 heavy (non-hydrogen) atoms. The van der Waals surface area contributed by atoms with Gasteiger partial charge in [0.25, 0.3) is 5.91 Å². The Labute approximate surface area is 234 Å². The number of carbonyl (C=O) groups is 2. The topological polar surface area (TPSA) is 64.7 Å². The number of nitrogens with one attached hydrogen (secondary N) is 2. The van der Waals surface area contributed by atoms with Crippen LogP contribution in [0.25, 0.3) is 0 Å². The van der Waals surface area contributed by atoms with E-state index in [0.29, 0.717) is 44.0 Å². The average Bonchev–Trinajstić information content (AvgIpc) is 3.66. The van der Waals surface area contributed by atoms with Crippen molar-refractivity contribution in [1.82, 2.24) is 15.5 Å². The lowest BCUT2D eigenvalue weighted by molar-refractivity contribution is -0.133. The Morgan fingerprint density at radius 1 is 0.900 bits per heavy atom. The first-order valence-electron chi connectivity index (χ1n) is 14.0. The van der Waals surface area contributed by atoms with E-state index in [9.17, 15) is 18.4 Å². The minimum Gasteiger partial charge on any atom is -0.368 e. The fourth-order valence-electron chi connectivity index (χ4n) is 5.57. The predicted molar refractivity (Wildman–Crippen MR) is 152 cm³/mol. The van der Waals surface area contributed by atoms with Crippen molar-refractivity contribution >= 4 is 17.5 Å². The van der Waals surface area contributed by atoms with E-state index in [0.717, 1.165) is 30.8 Å². The summed E-state index contributed by atoms with van der Waals surface area (Å²) in [6.45, 7) is 5.44. The van der Waals surface area contributed by atoms with Gasteiger partial charge < -0.3 is 20.4 Å². The van der Waals surface area contributed by atoms with Gasteiger partial charge >= 0.3 is 0 Å². The fourth-order valence-corrected chi connectivity index (χ4v) is 5.57. The Bertz CT molecular complexity index is 1290. The van der Waals surface area contributed by atoms with Crippen LogP contribution < -0.4 is 15.5 Å². The summed E-state index contributed by atoms with van der Waals surface area (Å²) >= 11 is 0. The lowest BCUT2D eigenvalue weighted by Crippen LogP contribution is -2.55. The van der Waals surface area contributed by atoms with E-state index in [1.54, 1.807) is 0 Å². The third-order valence-electron chi connectivity index (χ3n) is 8.13. The van der Waals surface area contributed by atoms with Gasteiger partial charge in [0.05, 0.1) is 0 Å². The van der Waals surface area contributed by atoms with Gasteiger partial charge in [-0.3, -0.25) is 9.59 Å². The summed E-state index contributed by atoms with van der Waals surface area (Å²) in [4.78, 5) is 30.7. The molecule has 8 heteroatoms. The van der Waals surface area contributed by atoms with Crippen molar-refractivity contribution in [1.29, 1.82) is 0 Å². The second-order valence-corrected chi connectivity index (χ2v) is 11.0. The van der Waals surface area contributed by atoms with Crippen molar-refractivity contribution in [3.63, 3.8) is 0 Å². The molecule has 5 rings (SSSR count). The molecule has 3 aromatic rings. The zero-order valence-electron chi connectivity index (χ0n) is 22.8. The standard InChI is InChI=1S/C32H36F2N4O2/c1-32(22-28(32)23-9-13-25(33)14-10-23)35-17-5-8-29(36-30(39)24-11-15-26(34)16-12-24)31(40)38-20-18-37(19-21-38)27-6-3-2-4-7-27/h2-4,6-7,9-16,28-29,35H,5,8,17-22H2,1H3,(H,36,39)/t28-,29-,32+/m0/s1. The maximum absolute atomic E-state index is 13.6. The molecule has 0 aromatic heterocycles. The summed E-state index contributed by atoms with van der Waals surface area (Å²) < 4.78 is 26.7. The number of para-hydroxylation sites is 1. The van der Waals surface area contributed by atoms with Gasteiger partial charge in [-0.1, -0.05) is 30.3 Å². The molecule has 210 valence electrons. The SMILES string of the molecule is C[C@@]1(NCCC[C@H](NC(=O)c2ccc(F)cc2)C(=O)N2CCN(c3ccccc3)CC2)C[C@H]1c1ccc(F)cc1. The average molecular weight is 547 g/mol. The Kier molecular flexibility index (Phi) is 8.45. The number of rotatable bonds is 10. The van der Waals surface area contributed by atoms with Crippen LogP contribution >= 0.6 is 0 Å². The van der Waals surface area contributed by atoms with E-state index >= 15 is 0 Å². The monoisotopic (exact) mass is 546 g/mol. The van der Waals surface area contributed by atoms with Crippen molar-refractivity contribution in [3.05, 3.63) is 102 Å². The predicted octanol–water partition coefficient (Wildman–Crippen LogP) is 4.73. The second-order valence-electron chi connectivity index (χ2n) is 11.0. The molecular formula is C32H36F2N4O2. The number of anilines is 1. The molecular weight excluding hydrogens is 510 g/mol. The van der Waals surface area contributed by atoms with Crippen LogP contribution in [-0.4, -0.2) is 61.0 Å². The first-order chi connectivity index (χ1) is 19.3. The molecule has 0 spiro atoms. The van der Waals surface area contributed by atoms with Gasteiger partial charge in [0.1, 0.15) is 17.7 Å². The number of hydrogen-bond donors (Lipinski definition) is 2. The normalized spacial score (nSPS) is 21.1. The van der Waals surface area contributed by atoms with E-state index in [1.807, 2.05) is 35.2 Å². The highest BCUT2D eigenvalue weighted by Crippen LogP contribution is 2.51. The van der Waals surface area contributed by atoms with Gasteiger partial charge in [-0.2, -0.15) is 0 Å². The summed E-state index contributed by atoms with van der Waals surface area (Å²) in [7, 11) is 0. The van der Waals surface area contributed by atoms with Gasteiger partial charge in [-0.15, -0.1) is 0 Å². The molecule has 1 aliphatic heterocycles. The van der Waals surface area contributed by atoms with Gasteiger partial charge in [0, 0.05) is 48.9 Å². The summed E-state index contributed by atoms with van der Waals surface area (Å²) in [5.41, 5.74) is 2.50. The van der Waals surface area contributed by atoms with Crippen LogP contribution in [0.15, 0.2) is 78.9 Å². The molecule has 0 radical (unpaired) electrons. The molecule has 2 fully saturated rings. The molecule has 0 bridgehead atoms. The van der Waals surface area contributed by atoms with Crippen molar-refractivity contribution in [2.45, 2.75) is 43.7 Å². The molecule has 2 N–H and O–H groups in total. The Balaban J connectivity index is 1.18. The minimum atomic E-state index is -0.678. The second kappa shape index (κ2) is 12.2. The quantitative estimate of drug-likeness (QED) is 0.361. The highest BCUT2D eigenvalue weighted by molar-refractivity contribution is 5.97. The molecule has 1 saturated carbocycles. The van der Waals surface area contributed by atoms with Crippen molar-refractivity contribution < 1.29 is 18.4 Å². The fraction of sp³-hybridized carbons (Fsp3) is 0.375. The van der Waals surface area contributed by atoms with Crippen LogP contribution in [0.2, 0.25) is 0 Å². The van der Waals surface area contributed by atoms with Crippen molar-refractivity contribution in [3.8, 4) is 0 Å². The molecule has 1 saturated heterocycles. The maximum atomic E-state index is 13.6. The van der Waals surface area contributed by atoms with Crippen LogP contribution in [0.5, 0.6) is 0 Å². The third kappa shape index (κ3) is 6.67. The number of benzene rings is 3. The Hall–Kier alpha value is -3.78. The van der Waals surface area contributed by atoms with Crippen molar-refractivity contribution in [2.24, 2.45) is 0 Å². The van der Waals surface area contributed by atoms with E-state index in [-0.39, 0.29) is 23.2 Å². The smallest absolute Gasteiger partial charge is 0.251 e. The highest BCUT2D eigenvalue weighted by Gasteiger charge is 2.50. The lowest BCUT2D eigenvalue weighted by Gasteiger charge is -2.37.